The van der Waals surface area contributed by atoms with Crippen LogP contribution in [0.4, 0.5) is 8.78 Å². The molecule has 26 heavy (non-hydrogen) atoms. The van der Waals surface area contributed by atoms with Crippen LogP contribution < -0.4 is 0 Å². The summed E-state index contributed by atoms with van der Waals surface area (Å²) in [6, 6.07) is 0. The van der Waals surface area contributed by atoms with Gasteiger partial charge in [-0.2, -0.15) is 0 Å². The molecule has 2 N–H and O–H groups in total. The molecular formula is C22H32F2O2. The van der Waals surface area contributed by atoms with Crippen molar-refractivity contribution in [2.75, 3.05) is 0 Å². The van der Waals surface area contributed by atoms with Gasteiger partial charge in [0.05, 0.1) is 6.10 Å². The zero-order valence-corrected chi connectivity index (χ0v) is 15.7. The van der Waals surface area contributed by atoms with E-state index in [2.05, 4.69) is 0 Å². The fraction of sp³-hybridized carbons (Fsp3) is 0.909. The molecule has 146 valence electrons. The second kappa shape index (κ2) is 5.53. The Morgan fingerprint density at radius 2 is 1.23 bits per heavy atom. The van der Waals surface area contributed by atoms with Crippen molar-refractivity contribution in [3.63, 3.8) is 0 Å². The minimum absolute atomic E-state index is 0.0912. The third-order valence-electron chi connectivity index (χ3n) is 9.83. The standard InChI is InChI=1S/C22H32F2O2/c23-17-18(24)22(26)13-11-21(17,12-14-22)20-8-5-19(6-9-20,7-10-20)15-1-3-16(25)4-2-15/h15-16,25-26H,1-14H2. The zero-order valence-electron chi connectivity index (χ0n) is 15.7. The Labute approximate surface area is 155 Å². The van der Waals surface area contributed by atoms with Crippen LogP contribution in [0.25, 0.3) is 0 Å². The van der Waals surface area contributed by atoms with Gasteiger partial charge in [0.1, 0.15) is 11.4 Å². The Morgan fingerprint density at radius 1 is 0.692 bits per heavy atom. The minimum Gasteiger partial charge on any atom is -0.393 e. The lowest BCUT2D eigenvalue weighted by Crippen LogP contribution is -2.59. The van der Waals surface area contributed by atoms with Crippen molar-refractivity contribution in [2.24, 2.45) is 22.2 Å². The van der Waals surface area contributed by atoms with E-state index in [1.165, 1.54) is 0 Å². The Hall–Kier alpha value is -0.480. The fourth-order valence-electron chi connectivity index (χ4n) is 7.94. The van der Waals surface area contributed by atoms with Crippen LogP contribution in [0.5, 0.6) is 0 Å². The van der Waals surface area contributed by atoms with Gasteiger partial charge in [0.15, 0.2) is 5.83 Å². The monoisotopic (exact) mass is 366 g/mol. The number of aliphatic hydroxyl groups excluding tert-OH is 1. The molecule has 0 radical (unpaired) electrons. The zero-order chi connectivity index (χ0) is 18.2. The molecule has 5 saturated carbocycles. The smallest absolute Gasteiger partial charge is 0.163 e. The number of halogens is 2. The average Bonchev–Trinajstić information content (AvgIpc) is 2.68. The van der Waals surface area contributed by atoms with E-state index in [-0.39, 0.29) is 11.5 Å². The van der Waals surface area contributed by atoms with Crippen LogP contribution in [0.3, 0.4) is 0 Å². The van der Waals surface area contributed by atoms with Crippen LogP contribution in [-0.4, -0.2) is 21.9 Å². The van der Waals surface area contributed by atoms with E-state index in [1.807, 2.05) is 0 Å². The van der Waals surface area contributed by atoms with E-state index in [4.69, 9.17) is 0 Å². The molecule has 7 aliphatic carbocycles. The van der Waals surface area contributed by atoms with Gasteiger partial charge in [0.2, 0.25) is 0 Å². The molecule has 0 aromatic rings. The largest absolute Gasteiger partial charge is 0.393 e. The van der Waals surface area contributed by atoms with Gasteiger partial charge in [-0.3, -0.25) is 0 Å². The lowest BCUT2D eigenvalue weighted by molar-refractivity contribution is -0.161. The Morgan fingerprint density at radius 3 is 1.77 bits per heavy atom. The van der Waals surface area contributed by atoms with Crippen molar-refractivity contribution in [3.8, 4) is 0 Å². The summed E-state index contributed by atoms with van der Waals surface area (Å²) < 4.78 is 29.8. The Kier molecular flexibility index (Phi) is 3.75. The summed E-state index contributed by atoms with van der Waals surface area (Å²) in [5.74, 6) is -0.720. The van der Waals surface area contributed by atoms with Crippen LogP contribution in [0.2, 0.25) is 0 Å². The molecule has 0 aromatic carbocycles. The highest BCUT2D eigenvalue weighted by atomic mass is 19.2. The maximum Gasteiger partial charge on any atom is 0.163 e. The van der Waals surface area contributed by atoms with Crippen LogP contribution in [0.1, 0.15) is 89.9 Å². The molecule has 4 bridgehead atoms. The molecule has 0 heterocycles. The van der Waals surface area contributed by atoms with Crippen molar-refractivity contribution < 1.29 is 19.0 Å². The van der Waals surface area contributed by atoms with E-state index in [9.17, 15) is 14.6 Å². The molecule has 7 aliphatic rings. The van der Waals surface area contributed by atoms with E-state index < -0.39 is 22.7 Å². The van der Waals surface area contributed by atoms with Crippen LogP contribution in [-0.2, 0) is 0 Å². The summed E-state index contributed by atoms with van der Waals surface area (Å²) >= 11 is 0. The number of rotatable bonds is 2. The van der Waals surface area contributed by atoms with Gasteiger partial charge < -0.3 is 10.2 Å². The lowest BCUT2D eigenvalue weighted by atomic mass is 9.39. The van der Waals surface area contributed by atoms with Gasteiger partial charge in [0, 0.05) is 5.41 Å². The molecule has 0 aliphatic heterocycles. The van der Waals surface area contributed by atoms with Crippen molar-refractivity contribution in [2.45, 2.75) is 102 Å². The van der Waals surface area contributed by atoms with Crippen LogP contribution in [0.15, 0.2) is 11.7 Å². The molecule has 0 amide bonds. The molecule has 0 spiro atoms. The van der Waals surface area contributed by atoms with Gasteiger partial charge in [0.25, 0.3) is 0 Å². The topological polar surface area (TPSA) is 40.5 Å². The molecule has 4 heteroatoms. The van der Waals surface area contributed by atoms with Crippen molar-refractivity contribution in [1.82, 2.24) is 0 Å². The summed E-state index contributed by atoms with van der Waals surface area (Å²) in [6.07, 6.45) is 12.5. The summed E-state index contributed by atoms with van der Waals surface area (Å²) in [5.41, 5.74) is -1.86. The second-order valence-electron chi connectivity index (χ2n) is 10.4. The first kappa shape index (κ1) is 17.6. The molecule has 0 aromatic heterocycles. The Balaban J connectivity index is 1.41. The summed E-state index contributed by atoms with van der Waals surface area (Å²) in [6.45, 7) is 0. The maximum atomic E-state index is 15.2. The van der Waals surface area contributed by atoms with Gasteiger partial charge in [-0.25, -0.2) is 8.78 Å². The van der Waals surface area contributed by atoms with Gasteiger partial charge >= 0.3 is 0 Å². The number of allylic oxidation sites excluding steroid dienone is 1. The molecule has 0 saturated heterocycles. The van der Waals surface area contributed by atoms with Crippen LogP contribution >= 0.6 is 0 Å². The van der Waals surface area contributed by atoms with Gasteiger partial charge in [-0.1, -0.05) is 0 Å². The van der Waals surface area contributed by atoms with Crippen LogP contribution in [0, 0.1) is 22.2 Å². The third-order valence-corrected chi connectivity index (χ3v) is 9.83. The highest BCUT2D eigenvalue weighted by molar-refractivity contribution is 5.32. The predicted molar refractivity (Wildman–Crippen MR) is 95.6 cm³/mol. The summed E-state index contributed by atoms with van der Waals surface area (Å²) in [4.78, 5) is 0. The van der Waals surface area contributed by atoms with Gasteiger partial charge in [-0.05, 0) is 107 Å². The Bertz CT molecular complexity index is 600. The molecule has 5 fully saturated rings. The number of aliphatic hydroxyl groups is 2. The van der Waals surface area contributed by atoms with Gasteiger partial charge in [-0.15, -0.1) is 0 Å². The highest BCUT2D eigenvalue weighted by Crippen LogP contribution is 2.73. The first-order valence-corrected chi connectivity index (χ1v) is 10.8. The molecule has 0 atom stereocenters. The first-order chi connectivity index (χ1) is 12.3. The van der Waals surface area contributed by atoms with E-state index in [0.717, 1.165) is 64.2 Å². The number of fused-ring (bicyclic) bond motifs is 5. The first-order valence-electron chi connectivity index (χ1n) is 10.8. The molecule has 2 nitrogen and oxygen atoms in total. The lowest BCUT2D eigenvalue weighted by Gasteiger charge is -2.66. The molecule has 7 rings (SSSR count). The third kappa shape index (κ3) is 2.09. The van der Waals surface area contributed by atoms with Crippen molar-refractivity contribution in [1.29, 1.82) is 0 Å². The van der Waals surface area contributed by atoms with E-state index >= 15 is 4.39 Å². The predicted octanol–water partition coefficient (Wildman–Crippen LogP) is 5.33. The number of hydrogen-bond acceptors (Lipinski definition) is 2. The minimum atomic E-state index is -1.52. The fourth-order valence-corrected chi connectivity index (χ4v) is 7.94. The second-order valence-corrected chi connectivity index (χ2v) is 10.4. The van der Waals surface area contributed by atoms with E-state index in [1.54, 1.807) is 0 Å². The average molecular weight is 366 g/mol. The summed E-state index contributed by atoms with van der Waals surface area (Å²) in [7, 11) is 0. The quantitative estimate of drug-likeness (QED) is 0.693. The highest BCUT2D eigenvalue weighted by Gasteiger charge is 2.66. The molecular weight excluding hydrogens is 334 g/mol. The van der Waals surface area contributed by atoms with Crippen molar-refractivity contribution >= 4 is 0 Å². The SMILES string of the molecule is OC1CCC(C23CCC(C45CCC(O)(CC4)C(F)=C5F)(CC2)CC3)CC1. The maximum absolute atomic E-state index is 15.2. The van der Waals surface area contributed by atoms with Crippen molar-refractivity contribution in [3.05, 3.63) is 11.7 Å². The van der Waals surface area contributed by atoms with E-state index in [0.29, 0.717) is 37.0 Å². The number of hydrogen-bond donors (Lipinski definition) is 2. The molecule has 0 unspecified atom stereocenters. The summed E-state index contributed by atoms with van der Waals surface area (Å²) in [5, 5.41) is 20.2. The normalized spacial score (nSPS) is 54.0.